The van der Waals surface area contributed by atoms with Crippen LogP contribution in [0.4, 0.5) is 0 Å². The van der Waals surface area contributed by atoms with E-state index in [-0.39, 0.29) is 0 Å². The molecular weight excluding hydrogens is 230 g/mol. The smallest absolute Gasteiger partial charge is 0.0453 e. The first-order valence-electron chi connectivity index (χ1n) is 6.78. The van der Waals surface area contributed by atoms with Gasteiger partial charge in [-0.1, -0.05) is 55.5 Å². The molecule has 0 spiro atoms. The number of rotatable bonds is 3. The van der Waals surface area contributed by atoms with E-state index in [1.54, 1.807) is 0 Å². The second-order valence-electron chi connectivity index (χ2n) is 5.10. The summed E-state index contributed by atoms with van der Waals surface area (Å²) in [5.41, 5.74) is 1.22. The third kappa shape index (κ3) is 3.72. The first-order valence-corrected chi connectivity index (χ1v) is 7.15. The Bertz CT molecular complexity index is 343. The fourth-order valence-corrected chi connectivity index (χ4v) is 3.02. The van der Waals surface area contributed by atoms with Crippen molar-refractivity contribution in [2.24, 2.45) is 0 Å². The molecule has 0 saturated heterocycles. The van der Waals surface area contributed by atoms with Crippen LogP contribution in [0.2, 0.25) is 5.02 Å². The predicted molar refractivity (Wildman–Crippen MR) is 74.5 cm³/mol. The molecule has 1 N–H and O–H groups in total. The highest BCUT2D eigenvalue weighted by molar-refractivity contribution is 6.31. The maximum Gasteiger partial charge on any atom is 0.0453 e. The third-order valence-electron chi connectivity index (χ3n) is 3.71. The van der Waals surface area contributed by atoms with Gasteiger partial charge in [-0.2, -0.15) is 0 Å². The highest BCUT2D eigenvalue weighted by atomic mass is 35.5. The van der Waals surface area contributed by atoms with Crippen LogP contribution in [0.3, 0.4) is 0 Å². The second kappa shape index (κ2) is 6.42. The van der Waals surface area contributed by atoms with E-state index in [1.165, 1.54) is 44.1 Å². The summed E-state index contributed by atoms with van der Waals surface area (Å²) in [7, 11) is 0. The number of halogens is 1. The van der Waals surface area contributed by atoms with Crippen LogP contribution < -0.4 is 5.32 Å². The van der Waals surface area contributed by atoms with E-state index in [9.17, 15) is 0 Å². The van der Waals surface area contributed by atoms with Crippen molar-refractivity contribution in [3.05, 3.63) is 34.9 Å². The number of hydrogen-bond donors (Lipinski definition) is 1. The maximum atomic E-state index is 6.23. The zero-order valence-electron chi connectivity index (χ0n) is 10.6. The minimum absolute atomic E-state index is 0.354. The molecule has 1 saturated carbocycles. The van der Waals surface area contributed by atoms with Gasteiger partial charge in [0.1, 0.15) is 0 Å². The van der Waals surface area contributed by atoms with E-state index in [0.29, 0.717) is 12.1 Å². The van der Waals surface area contributed by atoms with Crippen molar-refractivity contribution in [3.63, 3.8) is 0 Å². The lowest BCUT2D eigenvalue weighted by atomic mass is 10.0. The molecule has 1 aliphatic carbocycles. The molecule has 1 atom stereocenters. The Morgan fingerprint density at radius 1 is 1.12 bits per heavy atom. The Morgan fingerprint density at radius 2 is 1.76 bits per heavy atom. The average molecular weight is 252 g/mol. The number of hydrogen-bond acceptors (Lipinski definition) is 1. The van der Waals surface area contributed by atoms with Crippen LogP contribution in [0, 0.1) is 0 Å². The second-order valence-corrected chi connectivity index (χ2v) is 5.51. The summed E-state index contributed by atoms with van der Waals surface area (Å²) in [4.78, 5) is 0. The standard InChI is InChI=1S/C15H22ClN/c1-12(14-10-6-7-11-15(14)16)17-13-8-4-2-3-5-9-13/h6-7,10-13,17H,2-5,8-9H2,1H3. The summed E-state index contributed by atoms with van der Waals surface area (Å²) in [5.74, 6) is 0. The summed E-state index contributed by atoms with van der Waals surface area (Å²) < 4.78 is 0. The van der Waals surface area contributed by atoms with Crippen molar-refractivity contribution >= 4 is 11.6 Å². The molecule has 1 aromatic carbocycles. The summed E-state index contributed by atoms with van der Waals surface area (Å²) in [5, 5.41) is 4.61. The molecule has 1 nitrogen and oxygen atoms in total. The van der Waals surface area contributed by atoms with Gasteiger partial charge in [0.15, 0.2) is 0 Å². The van der Waals surface area contributed by atoms with Gasteiger partial charge in [-0.15, -0.1) is 0 Å². The van der Waals surface area contributed by atoms with Crippen LogP contribution in [-0.4, -0.2) is 6.04 Å². The maximum absolute atomic E-state index is 6.23. The van der Waals surface area contributed by atoms with Crippen molar-refractivity contribution < 1.29 is 0 Å². The molecule has 2 rings (SSSR count). The Hall–Kier alpha value is -0.530. The SMILES string of the molecule is CC(NC1CCCCCC1)c1ccccc1Cl. The predicted octanol–water partition coefficient (Wildman–Crippen LogP) is 4.71. The number of benzene rings is 1. The van der Waals surface area contributed by atoms with Gasteiger partial charge in [0.05, 0.1) is 0 Å². The van der Waals surface area contributed by atoms with E-state index < -0.39 is 0 Å². The Balaban J connectivity index is 1.96. The summed E-state index contributed by atoms with van der Waals surface area (Å²) >= 11 is 6.23. The van der Waals surface area contributed by atoms with Gasteiger partial charge in [-0.3, -0.25) is 0 Å². The largest absolute Gasteiger partial charge is 0.307 e. The van der Waals surface area contributed by atoms with Gasteiger partial charge in [-0.25, -0.2) is 0 Å². The minimum atomic E-state index is 0.354. The van der Waals surface area contributed by atoms with Gasteiger partial charge in [0.2, 0.25) is 0 Å². The van der Waals surface area contributed by atoms with Crippen LogP contribution in [0.1, 0.15) is 57.1 Å². The van der Waals surface area contributed by atoms with E-state index in [0.717, 1.165) is 5.02 Å². The number of nitrogens with one attached hydrogen (secondary N) is 1. The Kier molecular flexibility index (Phi) is 4.87. The topological polar surface area (TPSA) is 12.0 Å². The van der Waals surface area contributed by atoms with Crippen molar-refractivity contribution in [2.75, 3.05) is 0 Å². The molecule has 0 radical (unpaired) electrons. The van der Waals surface area contributed by atoms with Crippen LogP contribution in [0.25, 0.3) is 0 Å². The Labute approximate surface area is 110 Å². The van der Waals surface area contributed by atoms with E-state index >= 15 is 0 Å². The van der Waals surface area contributed by atoms with Crippen molar-refractivity contribution in [1.82, 2.24) is 5.32 Å². The van der Waals surface area contributed by atoms with E-state index in [2.05, 4.69) is 24.4 Å². The molecule has 1 fully saturated rings. The average Bonchev–Trinajstić information content (AvgIpc) is 2.58. The molecule has 0 bridgehead atoms. The third-order valence-corrected chi connectivity index (χ3v) is 4.06. The molecule has 1 unspecified atom stereocenters. The lowest BCUT2D eigenvalue weighted by Crippen LogP contribution is -2.31. The molecule has 1 aliphatic rings. The molecule has 0 amide bonds. The molecule has 0 aromatic heterocycles. The van der Waals surface area contributed by atoms with Crippen molar-refractivity contribution in [1.29, 1.82) is 0 Å². The van der Waals surface area contributed by atoms with E-state index in [1.807, 2.05) is 12.1 Å². The summed E-state index contributed by atoms with van der Waals surface area (Å²) in [6, 6.07) is 9.17. The highest BCUT2D eigenvalue weighted by Gasteiger charge is 2.16. The summed E-state index contributed by atoms with van der Waals surface area (Å²) in [6.07, 6.45) is 8.17. The molecule has 2 heteroatoms. The van der Waals surface area contributed by atoms with Crippen LogP contribution in [-0.2, 0) is 0 Å². The fraction of sp³-hybridized carbons (Fsp3) is 0.600. The minimum Gasteiger partial charge on any atom is -0.307 e. The zero-order chi connectivity index (χ0) is 12.1. The molecule has 0 aliphatic heterocycles. The molecular formula is C15H22ClN. The molecule has 94 valence electrons. The fourth-order valence-electron chi connectivity index (χ4n) is 2.72. The quantitative estimate of drug-likeness (QED) is 0.767. The first-order chi connectivity index (χ1) is 8.27. The van der Waals surface area contributed by atoms with Gasteiger partial charge in [-0.05, 0) is 31.4 Å². The van der Waals surface area contributed by atoms with Gasteiger partial charge < -0.3 is 5.32 Å². The van der Waals surface area contributed by atoms with Crippen LogP contribution in [0.15, 0.2) is 24.3 Å². The normalized spacial score (nSPS) is 19.9. The van der Waals surface area contributed by atoms with E-state index in [4.69, 9.17) is 11.6 Å². The van der Waals surface area contributed by atoms with Crippen molar-refractivity contribution in [2.45, 2.75) is 57.5 Å². The van der Waals surface area contributed by atoms with Crippen molar-refractivity contribution in [3.8, 4) is 0 Å². The Morgan fingerprint density at radius 3 is 2.41 bits per heavy atom. The zero-order valence-corrected chi connectivity index (χ0v) is 11.3. The first kappa shape index (κ1) is 12.9. The molecule has 17 heavy (non-hydrogen) atoms. The van der Waals surface area contributed by atoms with Gasteiger partial charge >= 0.3 is 0 Å². The highest BCUT2D eigenvalue weighted by Crippen LogP contribution is 2.25. The summed E-state index contributed by atoms with van der Waals surface area (Å²) in [6.45, 7) is 2.21. The molecule has 1 aromatic rings. The van der Waals surface area contributed by atoms with Gasteiger partial charge in [0, 0.05) is 17.1 Å². The molecule has 0 heterocycles. The van der Waals surface area contributed by atoms with Gasteiger partial charge in [0.25, 0.3) is 0 Å². The lowest BCUT2D eigenvalue weighted by Gasteiger charge is -2.23. The lowest BCUT2D eigenvalue weighted by molar-refractivity contribution is 0.414. The van der Waals surface area contributed by atoms with Crippen LogP contribution in [0.5, 0.6) is 0 Å². The monoisotopic (exact) mass is 251 g/mol. The van der Waals surface area contributed by atoms with Crippen LogP contribution >= 0.6 is 11.6 Å².